The van der Waals surface area contributed by atoms with Crippen LogP contribution in [0.1, 0.15) is 11.1 Å². The van der Waals surface area contributed by atoms with Gasteiger partial charge in [-0.05, 0) is 37.4 Å². The molecule has 0 amide bonds. The molecule has 0 aliphatic heterocycles. The van der Waals surface area contributed by atoms with E-state index in [0.29, 0.717) is 0 Å². The van der Waals surface area contributed by atoms with Gasteiger partial charge in [0.1, 0.15) is 10.7 Å². The molecule has 6 heteroatoms. The summed E-state index contributed by atoms with van der Waals surface area (Å²) in [5.41, 5.74) is 1.97. The highest BCUT2D eigenvalue weighted by Crippen LogP contribution is 2.14. The van der Waals surface area contributed by atoms with Crippen molar-refractivity contribution in [2.75, 3.05) is 14.1 Å². The van der Waals surface area contributed by atoms with E-state index < -0.39 is 15.8 Å². The van der Waals surface area contributed by atoms with Crippen molar-refractivity contribution in [1.82, 2.24) is 9.62 Å². The third-order valence-corrected chi connectivity index (χ3v) is 4.55. The maximum atomic E-state index is 13.6. The number of halogens is 1. The first-order valence-corrected chi connectivity index (χ1v) is 8.33. The van der Waals surface area contributed by atoms with Gasteiger partial charge in [0.25, 0.3) is 0 Å². The standard InChI is InChI=1S/C16H19FN2O2S/c1-19(2)12-14-9-7-13(8-10-14)11-18-22(20,21)16-6-4-3-5-15(16)17/h3-10,18H,11-12H2,1-2H3. The second-order valence-electron chi connectivity index (χ2n) is 5.31. The van der Waals surface area contributed by atoms with Gasteiger partial charge < -0.3 is 4.90 Å². The Morgan fingerprint density at radius 3 is 2.18 bits per heavy atom. The minimum Gasteiger partial charge on any atom is -0.305 e. The van der Waals surface area contributed by atoms with Gasteiger partial charge in [0.2, 0.25) is 10.0 Å². The van der Waals surface area contributed by atoms with E-state index in [-0.39, 0.29) is 11.4 Å². The molecule has 2 aromatic carbocycles. The van der Waals surface area contributed by atoms with Crippen LogP contribution >= 0.6 is 0 Å². The number of nitrogens with zero attached hydrogens (tertiary/aromatic N) is 1. The molecule has 0 saturated carbocycles. The van der Waals surface area contributed by atoms with Crippen molar-refractivity contribution in [2.45, 2.75) is 18.0 Å². The topological polar surface area (TPSA) is 49.4 Å². The largest absolute Gasteiger partial charge is 0.305 e. The van der Waals surface area contributed by atoms with Crippen molar-refractivity contribution in [3.05, 3.63) is 65.5 Å². The molecule has 0 fully saturated rings. The predicted molar refractivity (Wildman–Crippen MR) is 84.3 cm³/mol. The zero-order chi connectivity index (χ0) is 16.2. The van der Waals surface area contributed by atoms with E-state index in [4.69, 9.17) is 0 Å². The zero-order valence-corrected chi connectivity index (χ0v) is 13.4. The monoisotopic (exact) mass is 322 g/mol. The van der Waals surface area contributed by atoms with E-state index in [0.717, 1.165) is 23.7 Å². The molecule has 0 saturated heterocycles. The number of hydrogen-bond acceptors (Lipinski definition) is 3. The van der Waals surface area contributed by atoms with Crippen LogP contribution in [0, 0.1) is 5.82 Å². The molecule has 4 nitrogen and oxygen atoms in total. The molecular formula is C16H19FN2O2S. The van der Waals surface area contributed by atoms with Crippen LogP contribution in [0.25, 0.3) is 0 Å². The van der Waals surface area contributed by atoms with Crippen LogP contribution in [-0.2, 0) is 23.1 Å². The lowest BCUT2D eigenvalue weighted by Gasteiger charge is -2.11. The van der Waals surface area contributed by atoms with Gasteiger partial charge >= 0.3 is 0 Å². The Hall–Kier alpha value is -1.76. The molecule has 0 unspecified atom stereocenters. The Bertz CT molecular complexity index is 728. The second kappa shape index (κ2) is 7.00. The second-order valence-corrected chi connectivity index (χ2v) is 7.04. The van der Waals surface area contributed by atoms with Crippen molar-refractivity contribution in [3.63, 3.8) is 0 Å². The fourth-order valence-electron chi connectivity index (χ4n) is 2.05. The molecule has 2 aromatic rings. The van der Waals surface area contributed by atoms with E-state index in [9.17, 15) is 12.8 Å². The van der Waals surface area contributed by atoms with Crippen LogP contribution in [-0.4, -0.2) is 27.4 Å². The summed E-state index contributed by atoms with van der Waals surface area (Å²) in [4.78, 5) is 1.72. The van der Waals surface area contributed by atoms with Gasteiger partial charge in [-0.3, -0.25) is 0 Å². The normalized spacial score (nSPS) is 11.8. The highest BCUT2D eigenvalue weighted by Gasteiger charge is 2.17. The summed E-state index contributed by atoms with van der Waals surface area (Å²) >= 11 is 0. The van der Waals surface area contributed by atoms with Crippen molar-refractivity contribution in [1.29, 1.82) is 0 Å². The maximum Gasteiger partial charge on any atom is 0.243 e. The highest BCUT2D eigenvalue weighted by molar-refractivity contribution is 7.89. The van der Waals surface area contributed by atoms with Crippen molar-refractivity contribution >= 4 is 10.0 Å². The molecule has 0 bridgehead atoms. The van der Waals surface area contributed by atoms with Crippen LogP contribution in [0.2, 0.25) is 0 Å². The highest BCUT2D eigenvalue weighted by atomic mass is 32.2. The Morgan fingerprint density at radius 1 is 1.00 bits per heavy atom. The third-order valence-electron chi connectivity index (χ3n) is 3.11. The van der Waals surface area contributed by atoms with Gasteiger partial charge in [-0.1, -0.05) is 36.4 Å². The quantitative estimate of drug-likeness (QED) is 0.888. The molecule has 0 aliphatic carbocycles. The lowest BCUT2D eigenvalue weighted by Crippen LogP contribution is -2.24. The lowest BCUT2D eigenvalue weighted by atomic mass is 10.1. The number of sulfonamides is 1. The van der Waals surface area contributed by atoms with E-state index in [1.165, 1.54) is 18.2 Å². The van der Waals surface area contributed by atoms with Gasteiger partial charge in [-0.2, -0.15) is 0 Å². The van der Waals surface area contributed by atoms with Gasteiger partial charge in [0.15, 0.2) is 0 Å². The van der Waals surface area contributed by atoms with Crippen LogP contribution in [0.15, 0.2) is 53.4 Å². The average molecular weight is 322 g/mol. The smallest absolute Gasteiger partial charge is 0.243 e. The zero-order valence-electron chi connectivity index (χ0n) is 12.6. The number of rotatable bonds is 6. The van der Waals surface area contributed by atoms with Gasteiger partial charge in [-0.15, -0.1) is 0 Å². The molecule has 0 atom stereocenters. The van der Waals surface area contributed by atoms with Crippen molar-refractivity contribution in [3.8, 4) is 0 Å². The lowest BCUT2D eigenvalue weighted by molar-refractivity contribution is 0.402. The fraction of sp³-hybridized carbons (Fsp3) is 0.250. The molecule has 118 valence electrons. The Balaban J connectivity index is 2.05. The molecule has 2 rings (SSSR count). The van der Waals surface area contributed by atoms with Gasteiger partial charge in [0.05, 0.1) is 0 Å². The average Bonchev–Trinajstić information content (AvgIpc) is 2.46. The molecule has 1 N–H and O–H groups in total. The fourth-order valence-corrected chi connectivity index (χ4v) is 3.14. The van der Waals surface area contributed by atoms with E-state index in [2.05, 4.69) is 9.62 Å². The summed E-state index contributed by atoms with van der Waals surface area (Å²) in [6, 6.07) is 13.0. The summed E-state index contributed by atoms with van der Waals surface area (Å²) in [5.74, 6) is -0.753. The van der Waals surface area contributed by atoms with Crippen molar-refractivity contribution < 1.29 is 12.8 Å². The first kappa shape index (κ1) is 16.6. The van der Waals surface area contributed by atoms with Gasteiger partial charge in [-0.25, -0.2) is 17.5 Å². The maximum absolute atomic E-state index is 13.6. The molecule has 0 radical (unpaired) electrons. The van der Waals surface area contributed by atoms with Crippen LogP contribution in [0.5, 0.6) is 0 Å². The Labute approximate surface area is 130 Å². The summed E-state index contributed by atoms with van der Waals surface area (Å²) in [7, 11) is 0.114. The summed E-state index contributed by atoms with van der Waals surface area (Å²) in [6.07, 6.45) is 0. The summed E-state index contributed by atoms with van der Waals surface area (Å²) < 4.78 is 40.1. The minimum absolute atomic E-state index is 0.124. The molecule has 0 heterocycles. The van der Waals surface area contributed by atoms with Crippen LogP contribution in [0.3, 0.4) is 0 Å². The first-order chi connectivity index (χ1) is 10.4. The minimum atomic E-state index is -3.85. The Morgan fingerprint density at radius 2 is 1.59 bits per heavy atom. The van der Waals surface area contributed by atoms with Crippen molar-refractivity contribution in [2.24, 2.45) is 0 Å². The number of hydrogen-bond donors (Lipinski definition) is 1. The van der Waals surface area contributed by atoms with E-state index in [1.54, 1.807) is 0 Å². The molecule has 0 aromatic heterocycles. The molecule has 0 spiro atoms. The van der Waals surface area contributed by atoms with E-state index in [1.807, 2.05) is 38.4 Å². The Kier molecular flexibility index (Phi) is 5.28. The predicted octanol–water partition coefficient (Wildman–Crippen LogP) is 2.37. The van der Waals surface area contributed by atoms with Crippen LogP contribution in [0.4, 0.5) is 4.39 Å². The van der Waals surface area contributed by atoms with E-state index >= 15 is 0 Å². The number of nitrogens with one attached hydrogen (secondary N) is 1. The summed E-state index contributed by atoms with van der Waals surface area (Å²) in [6.45, 7) is 0.945. The first-order valence-electron chi connectivity index (χ1n) is 6.85. The molecular weight excluding hydrogens is 303 g/mol. The third kappa shape index (κ3) is 4.37. The number of benzene rings is 2. The molecule has 22 heavy (non-hydrogen) atoms. The SMILES string of the molecule is CN(C)Cc1ccc(CNS(=O)(=O)c2ccccc2F)cc1. The van der Waals surface area contributed by atoms with Gasteiger partial charge in [0, 0.05) is 13.1 Å². The van der Waals surface area contributed by atoms with Crippen LogP contribution < -0.4 is 4.72 Å². The molecule has 0 aliphatic rings. The summed E-state index contributed by atoms with van der Waals surface area (Å²) in [5, 5.41) is 0.